The van der Waals surface area contributed by atoms with Gasteiger partial charge in [-0.3, -0.25) is 4.79 Å². The lowest BCUT2D eigenvalue weighted by molar-refractivity contribution is 0.0927. The smallest absolute Gasteiger partial charge is 0.254 e. The molecule has 27 heavy (non-hydrogen) atoms. The van der Waals surface area contributed by atoms with Crippen molar-refractivity contribution in [2.24, 2.45) is 4.99 Å². The van der Waals surface area contributed by atoms with Crippen molar-refractivity contribution in [3.8, 4) is 0 Å². The molecule has 1 aromatic heterocycles. The van der Waals surface area contributed by atoms with Gasteiger partial charge in [0.25, 0.3) is 5.91 Å². The number of fused-ring (bicyclic) bond motifs is 1. The van der Waals surface area contributed by atoms with Crippen LogP contribution in [0.1, 0.15) is 71.3 Å². The number of rotatable bonds is 4. The van der Waals surface area contributed by atoms with E-state index < -0.39 is 0 Å². The first-order valence-corrected chi connectivity index (χ1v) is 11.6. The van der Waals surface area contributed by atoms with Gasteiger partial charge in [0, 0.05) is 21.6 Å². The molecule has 0 unspecified atom stereocenters. The second kappa shape index (κ2) is 8.70. The van der Waals surface area contributed by atoms with E-state index >= 15 is 0 Å². The highest BCUT2D eigenvalue weighted by Gasteiger charge is 2.27. The molecule has 0 spiro atoms. The first-order valence-electron chi connectivity index (χ1n) is 9.96. The molecular weight excluding hydrogens is 420 g/mol. The lowest BCUT2D eigenvalue weighted by atomic mass is 9.93. The number of hydrogen-bond acceptors (Lipinski definition) is 3. The number of nitrogens with zero attached hydrogens (tertiary/aromatic N) is 1. The van der Waals surface area contributed by atoms with Crippen LogP contribution in [-0.4, -0.2) is 18.2 Å². The lowest BCUT2D eigenvalue weighted by Crippen LogP contribution is -2.36. The zero-order chi connectivity index (χ0) is 18.6. The maximum Gasteiger partial charge on any atom is 0.254 e. The number of hydrogen-bond donors (Lipinski definition) is 1. The van der Waals surface area contributed by atoms with Gasteiger partial charge in [0.2, 0.25) is 0 Å². The Labute approximate surface area is 173 Å². The topological polar surface area (TPSA) is 41.5 Å². The summed E-state index contributed by atoms with van der Waals surface area (Å²) in [6, 6.07) is 8.41. The fourth-order valence-electron chi connectivity index (χ4n) is 4.06. The van der Waals surface area contributed by atoms with Crippen LogP contribution in [0.4, 0.5) is 5.00 Å². The predicted octanol–water partition coefficient (Wildman–Crippen LogP) is 6.20. The molecular formula is C22H25BrN2OS. The summed E-state index contributed by atoms with van der Waals surface area (Å²) in [4.78, 5) is 19.2. The van der Waals surface area contributed by atoms with Gasteiger partial charge in [0.05, 0.1) is 5.56 Å². The van der Waals surface area contributed by atoms with Gasteiger partial charge in [-0.15, -0.1) is 11.3 Å². The third-order valence-corrected chi connectivity index (χ3v) is 7.25. The summed E-state index contributed by atoms with van der Waals surface area (Å²) < 4.78 is 1.05. The van der Waals surface area contributed by atoms with Gasteiger partial charge in [-0.05, 0) is 61.8 Å². The molecule has 1 fully saturated rings. The van der Waals surface area contributed by atoms with Gasteiger partial charge < -0.3 is 5.32 Å². The number of amides is 1. The first-order chi connectivity index (χ1) is 13.2. The van der Waals surface area contributed by atoms with E-state index in [1.54, 1.807) is 11.3 Å². The SMILES string of the molecule is O=C(NC1CCCCC1)c1c(/N=C\c2ccc(Br)cc2)sc2c1CCCC2. The highest BCUT2D eigenvalue weighted by Crippen LogP contribution is 2.40. The summed E-state index contributed by atoms with van der Waals surface area (Å²) in [6.45, 7) is 0. The fraction of sp³-hybridized carbons (Fsp3) is 0.455. The van der Waals surface area contributed by atoms with E-state index in [-0.39, 0.29) is 5.91 Å². The lowest BCUT2D eigenvalue weighted by Gasteiger charge is -2.23. The Morgan fingerprint density at radius 2 is 1.81 bits per heavy atom. The predicted molar refractivity (Wildman–Crippen MR) is 117 cm³/mol. The Kier molecular flexibility index (Phi) is 6.08. The number of aliphatic imine (C=N–C) groups is 1. The van der Waals surface area contributed by atoms with Crippen molar-refractivity contribution in [2.75, 3.05) is 0 Å². The number of carbonyl (C=O) groups is 1. The fourth-order valence-corrected chi connectivity index (χ4v) is 5.56. The van der Waals surface area contributed by atoms with Crippen LogP contribution in [-0.2, 0) is 12.8 Å². The number of aryl methyl sites for hydroxylation is 1. The maximum atomic E-state index is 13.1. The second-order valence-electron chi connectivity index (χ2n) is 7.51. The summed E-state index contributed by atoms with van der Waals surface area (Å²) in [5.74, 6) is 0.0873. The number of halogens is 1. The molecule has 5 heteroatoms. The molecule has 2 aromatic rings. The van der Waals surface area contributed by atoms with Crippen LogP contribution in [0.15, 0.2) is 33.7 Å². The summed E-state index contributed by atoms with van der Waals surface area (Å²) in [5, 5.41) is 4.18. The van der Waals surface area contributed by atoms with Crippen molar-refractivity contribution < 1.29 is 4.79 Å². The molecule has 0 bridgehead atoms. The molecule has 0 atom stereocenters. The Morgan fingerprint density at radius 3 is 2.59 bits per heavy atom. The van der Waals surface area contributed by atoms with Gasteiger partial charge in [-0.1, -0.05) is 47.3 Å². The normalized spacial score (nSPS) is 17.8. The molecule has 142 valence electrons. The van der Waals surface area contributed by atoms with E-state index in [4.69, 9.17) is 4.99 Å². The Bertz CT molecular complexity index is 835. The summed E-state index contributed by atoms with van der Waals surface area (Å²) in [5.41, 5.74) is 3.14. The minimum atomic E-state index is 0.0873. The third-order valence-electron chi connectivity index (χ3n) is 5.52. The largest absolute Gasteiger partial charge is 0.349 e. The van der Waals surface area contributed by atoms with Gasteiger partial charge in [0.1, 0.15) is 5.00 Å². The number of carbonyl (C=O) groups excluding carboxylic acids is 1. The van der Waals surface area contributed by atoms with Crippen molar-refractivity contribution in [2.45, 2.75) is 63.8 Å². The van der Waals surface area contributed by atoms with Crippen LogP contribution < -0.4 is 5.32 Å². The van der Waals surface area contributed by atoms with Crippen molar-refractivity contribution >= 4 is 44.4 Å². The van der Waals surface area contributed by atoms with Crippen LogP contribution in [0.25, 0.3) is 0 Å². The van der Waals surface area contributed by atoms with Crippen molar-refractivity contribution in [3.63, 3.8) is 0 Å². The Balaban J connectivity index is 1.61. The van der Waals surface area contributed by atoms with Crippen molar-refractivity contribution in [1.82, 2.24) is 5.32 Å². The van der Waals surface area contributed by atoms with Crippen LogP contribution in [0, 0.1) is 0 Å². The molecule has 3 nitrogen and oxygen atoms in total. The molecule has 1 N–H and O–H groups in total. The third kappa shape index (κ3) is 4.52. The number of thiophene rings is 1. The van der Waals surface area contributed by atoms with Crippen LogP contribution in [0.2, 0.25) is 0 Å². The molecule has 0 aliphatic heterocycles. The van der Waals surface area contributed by atoms with Crippen molar-refractivity contribution in [1.29, 1.82) is 0 Å². The minimum absolute atomic E-state index is 0.0873. The first kappa shape index (κ1) is 18.9. The average Bonchev–Trinajstić information content (AvgIpc) is 3.07. The zero-order valence-corrected chi connectivity index (χ0v) is 17.9. The van der Waals surface area contributed by atoms with E-state index in [0.717, 1.165) is 46.3 Å². The highest BCUT2D eigenvalue weighted by atomic mass is 79.9. The molecule has 1 heterocycles. The number of nitrogens with one attached hydrogen (secondary N) is 1. The molecule has 4 rings (SSSR count). The van der Waals surface area contributed by atoms with Gasteiger partial charge in [0.15, 0.2) is 0 Å². The van der Waals surface area contributed by atoms with E-state index in [9.17, 15) is 4.79 Å². The minimum Gasteiger partial charge on any atom is -0.349 e. The van der Waals surface area contributed by atoms with Gasteiger partial charge in [-0.2, -0.15) is 0 Å². The maximum absolute atomic E-state index is 13.1. The molecule has 0 saturated heterocycles. The summed E-state index contributed by atoms with van der Waals surface area (Å²) in [7, 11) is 0. The Hall–Kier alpha value is -1.46. The highest BCUT2D eigenvalue weighted by molar-refractivity contribution is 9.10. The van der Waals surface area contributed by atoms with E-state index in [1.165, 1.54) is 42.5 Å². The van der Waals surface area contributed by atoms with E-state index in [0.29, 0.717) is 6.04 Å². The Morgan fingerprint density at radius 1 is 1.07 bits per heavy atom. The summed E-state index contributed by atoms with van der Waals surface area (Å²) in [6.07, 6.45) is 12.3. The quantitative estimate of drug-likeness (QED) is 0.559. The monoisotopic (exact) mass is 444 g/mol. The molecule has 2 aliphatic carbocycles. The second-order valence-corrected chi connectivity index (χ2v) is 9.51. The summed E-state index contributed by atoms with van der Waals surface area (Å²) >= 11 is 5.17. The van der Waals surface area contributed by atoms with Crippen LogP contribution >= 0.6 is 27.3 Å². The molecule has 2 aliphatic rings. The molecule has 1 aromatic carbocycles. The molecule has 0 radical (unpaired) electrons. The zero-order valence-electron chi connectivity index (χ0n) is 15.5. The average molecular weight is 445 g/mol. The number of benzene rings is 1. The van der Waals surface area contributed by atoms with Crippen LogP contribution in [0.3, 0.4) is 0 Å². The van der Waals surface area contributed by atoms with Gasteiger partial charge in [-0.25, -0.2) is 4.99 Å². The van der Waals surface area contributed by atoms with E-state index in [2.05, 4.69) is 21.2 Å². The standard InChI is InChI=1S/C22H25BrN2OS/c23-16-12-10-15(11-13-16)14-24-22-20(18-8-4-5-9-19(18)27-22)21(26)25-17-6-2-1-3-7-17/h10-14,17H,1-9H2,(H,25,26)/b24-14-. The molecule has 1 amide bonds. The van der Waals surface area contributed by atoms with Crippen LogP contribution in [0.5, 0.6) is 0 Å². The van der Waals surface area contributed by atoms with Crippen molar-refractivity contribution in [3.05, 3.63) is 50.3 Å². The van der Waals surface area contributed by atoms with Gasteiger partial charge >= 0.3 is 0 Å². The van der Waals surface area contributed by atoms with E-state index in [1.807, 2.05) is 30.5 Å². The molecule has 1 saturated carbocycles.